The molecule has 0 N–H and O–H groups in total. The number of fused-ring (bicyclic) bond motifs is 1. The molecule has 0 bridgehead atoms. The fraction of sp³-hybridized carbons (Fsp3) is 1.00. The van der Waals surface area contributed by atoms with Crippen molar-refractivity contribution in [3.63, 3.8) is 0 Å². The van der Waals surface area contributed by atoms with Gasteiger partial charge in [-0.2, -0.15) is 0 Å². The van der Waals surface area contributed by atoms with Gasteiger partial charge in [-0.3, -0.25) is 0 Å². The Kier molecular flexibility index (Phi) is 2.91. The van der Waals surface area contributed by atoms with Crippen LogP contribution in [0.3, 0.4) is 0 Å². The maximum Gasteiger partial charge on any atom is -0.0264 e. The van der Waals surface area contributed by atoms with E-state index in [1.807, 2.05) is 0 Å². The molecule has 2 aliphatic carbocycles. The molecule has 0 heteroatoms. The highest BCUT2D eigenvalue weighted by atomic mass is 14.7. The predicted molar refractivity (Wildman–Crippen MR) is 62.2 cm³/mol. The quantitative estimate of drug-likeness (QED) is 0.540. The van der Waals surface area contributed by atoms with E-state index in [9.17, 15) is 0 Å². The molecule has 82 valence electrons. The molecular formula is C14H26. The highest BCUT2D eigenvalue weighted by Crippen LogP contribution is 2.73. The molecule has 0 nitrogen and oxygen atoms in total. The van der Waals surface area contributed by atoms with Gasteiger partial charge in [0.2, 0.25) is 0 Å². The number of hydrogen-bond acceptors (Lipinski definition) is 0. The van der Waals surface area contributed by atoms with E-state index in [4.69, 9.17) is 0 Å². The van der Waals surface area contributed by atoms with Gasteiger partial charge in [-0.05, 0) is 42.4 Å². The fourth-order valence-electron chi connectivity index (χ4n) is 4.04. The van der Waals surface area contributed by atoms with Crippen LogP contribution in [0.15, 0.2) is 0 Å². The zero-order valence-electron chi connectivity index (χ0n) is 10.2. The topological polar surface area (TPSA) is 0 Å². The summed E-state index contributed by atoms with van der Waals surface area (Å²) in [4.78, 5) is 0. The van der Waals surface area contributed by atoms with Crippen LogP contribution in [0.25, 0.3) is 0 Å². The molecule has 2 aliphatic rings. The van der Waals surface area contributed by atoms with Crippen LogP contribution in [-0.2, 0) is 0 Å². The Bertz CT molecular complexity index is 196. The SMILES string of the molecule is CCCCCC1(C)C(CCC)C2CC21. The van der Waals surface area contributed by atoms with Crippen LogP contribution >= 0.6 is 0 Å². The van der Waals surface area contributed by atoms with E-state index in [0.29, 0.717) is 0 Å². The molecule has 0 saturated heterocycles. The molecule has 2 saturated carbocycles. The summed E-state index contributed by atoms with van der Waals surface area (Å²) in [6.45, 7) is 7.24. The molecule has 0 radical (unpaired) electrons. The Morgan fingerprint density at radius 1 is 1.14 bits per heavy atom. The normalized spacial score (nSPS) is 44.4. The van der Waals surface area contributed by atoms with Gasteiger partial charge in [0.15, 0.2) is 0 Å². The van der Waals surface area contributed by atoms with Crippen molar-refractivity contribution in [1.29, 1.82) is 0 Å². The van der Waals surface area contributed by atoms with E-state index in [-0.39, 0.29) is 0 Å². The summed E-state index contributed by atoms with van der Waals surface area (Å²) in [5.74, 6) is 3.42. The Balaban J connectivity index is 1.81. The number of rotatable bonds is 6. The first kappa shape index (κ1) is 10.5. The van der Waals surface area contributed by atoms with Crippen molar-refractivity contribution in [1.82, 2.24) is 0 Å². The van der Waals surface area contributed by atoms with Crippen molar-refractivity contribution >= 4 is 0 Å². The van der Waals surface area contributed by atoms with Crippen LogP contribution in [0.1, 0.15) is 65.7 Å². The second-order valence-electron chi connectivity index (χ2n) is 5.86. The average molecular weight is 194 g/mol. The van der Waals surface area contributed by atoms with E-state index in [2.05, 4.69) is 20.8 Å². The minimum atomic E-state index is 0.774. The summed E-state index contributed by atoms with van der Waals surface area (Å²) in [5.41, 5.74) is 0.774. The minimum absolute atomic E-state index is 0.774. The lowest BCUT2D eigenvalue weighted by Gasteiger charge is -2.47. The maximum atomic E-state index is 2.58. The van der Waals surface area contributed by atoms with Gasteiger partial charge < -0.3 is 0 Å². The van der Waals surface area contributed by atoms with Gasteiger partial charge in [-0.15, -0.1) is 0 Å². The van der Waals surface area contributed by atoms with Crippen LogP contribution in [0.5, 0.6) is 0 Å². The maximum absolute atomic E-state index is 2.58. The van der Waals surface area contributed by atoms with Crippen LogP contribution in [0, 0.1) is 23.2 Å². The van der Waals surface area contributed by atoms with E-state index >= 15 is 0 Å². The molecule has 0 aliphatic heterocycles. The summed E-state index contributed by atoms with van der Waals surface area (Å²) in [6, 6.07) is 0. The zero-order chi connectivity index (χ0) is 10.2. The standard InChI is InChI=1S/C14H26/c1-4-6-7-9-14(3)12(8-5-2)11-10-13(11)14/h11-13H,4-10H2,1-3H3. The lowest BCUT2D eigenvalue weighted by atomic mass is 9.58. The van der Waals surface area contributed by atoms with Gasteiger partial charge in [0.1, 0.15) is 0 Å². The summed E-state index contributed by atoms with van der Waals surface area (Å²) in [6.07, 6.45) is 10.3. The van der Waals surface area contributed by atoms with Gasteiger partial charge in [-0.1, -0.05) is 46.5 Å². The van der Waals surface area contributed by atoms with Crippen molar-refractivity contribution < 1.29 is 0 Å². The molecule has 14 heavy (non-hydrogen) atoms. The van der Waals surface area contributed by atoms with E-state index in [1.54, 1.807) is 6.42 Å². The summed E-state index contributed by atoms with van der Waals surface area (Å²) in [5, 5.41) is 0. The first-order valence-corrected chi connectivity index (χ1v) is 6.74. The first-order chi connectivity index (χ1) is 6.74. The van der Waals surface area contributed by atoms with Crippen molar-refractivity contribution in [2.24, 2.45) is 23.2 Å². The molecule has 0 heterocycles. The third kappa shape index (κ3) is 1.51. The Hall–Kier alpha value is 0. The number of hydrogen-bond donors (Lipinski definition) is 0. The molecule has 0 aromatic heterocycles. The lowest BCUT2D eigenvalue weighted by molar-refractivity contribution is 0.0130. The van der Waals surface area contributed by atoms with Crippen molar-refractivity contribution in [3.05, 3.63) is 0 Å². The predicted octanol–water partition coefficient (Wildman–Crippen LogP) is 4.64. The largest absolute Gasteiger partial charge is 0.0654 e. The highest BCUT2D eigenvalue weighted by Gasteiger charge is 2.66. The van der Waals surface area contributed by atoms with Crippen molar-refractivity contribution in [2.75, 3.05) is 0 Å². The van der Waals surface area contributed by atoms with E-state index in [1.165, 1.54) is 44.4 Å². The first-order valence-electron chi connectivity index (χ1n) is 6.74. The molecule has 2 rings (SSSR count). The van der Waals surface area contributed by atoms with Gasteiger partial charge in [0.05, 0.1) is 0 Å². The second-order valence-corrected chi connectivity index (χ2v) is 5.86. The molecule has 0 aromatic carbocycles. The smallest absolute Gasteiger partial charge is 0.0264 e. The third-order valence-electron chi connectivity index (χ3n) is 4.97. The third-order valence-corrected chi connectivity index (χ3v) is 4.97. The van der Waals surface area contributed by atoms with Gasteiger partial charge >= 0.3 is 0 Å². The average Bonchev–Trinajstić information content (AvgIpc) is 2.91. The van der Waals surface area contributed by atoms with E-state index in [0.717, 1.165) is 17.3 Å². The fourth-order valence-corrected chi connectivity index (χ4v) is 4.04. The van der Waals surface area contributed by atoms with Crippen molar-refractivity contribution in [2.45, 2.75) is 65.7 Å². The van der Waals surface area contributed by atoms with Gasteiger partial charge in [0.25, 0.3) is 0 Å². The molecule has 0 aromatic rings. The molecule has 4 unspecified atom stereocenters. The minimum Gasteiger partial charge on any atom is -0.0654 e. The number of unbranched alkanes of at least 4 members (excludes halogenated alkanes) is 2. The molecule has 0 amide bonds. The van der Waals surface area contributed by atoms with Crippen LogP contribution in [0.4, 0.5) is 0 Å². The Morgan fingerprint density at radius 3 is 2.57 bits per heavy atom. The highest BCUT2D eigenvalue weighted by molar-refractivity contribution is 5.15. The van der Waals surface area contributed by atoms with E-state index < -0.39 is 0 Å². The summed E-state index contributed by atoms with van der Waals surface area (Å²) >= 11 is 0. The molecule has 2 fully saturated rings. The second kappa shape index (κ2) is 3.87. The molecule has 0 spiro atoms. The van der Waals surface area contributed by atoms with Crippen molar-refractivity contribution in [3.8, 4) is 0 Å². The zero-order valence-corrected chi connectivity index (χ0v) is 10.2. The van der Waals surface area contributed by atoms with Crippen LogP contribution in [0.2, 0.25) is 0 Å². The van der Waals surface area contributed by atoms with Crippen LogP contribution < -0.4 is 0 Å². The summed E-state index contributed by atoms with van der Waals surface area (Å²) < 4.78 is 0. The van der Waals surface area contributed by atoms with Gasteiger partial charge in [-0.25, -0.2) is 0 Å². The Morgan fingerprint density at radius 2 is 1.93 bits per heavy atom. The monoisotopic (exact) mass is 194 g/mol. The molecule has 4 atom stereocenters. The lowest BCUT2D eigenvalue weighted by Crippen LogP contribution is -2.40. The summed E-state index contributed by atoms with van der Waals surface area (Å²) in [7, 11) is 0. The molecular weight excluding hydrogens is 168 g/mol. The van der Waals surface area contributed by atoms with Crippen LogP contribution in [-0.4, -0.2) is 0 Å². The Labute approximate surface area is 89.5 Å². The van der Waals surface area contributed by atoms with Gasteiger partial charge in [0, 0.05) is 0 Å².